The zero-order valence-electron chi connectivity index (χ0n) is 18.9. The van der Waals surface area contributed by atoms with Gasteiger partial charge in [-0.05, 0) is 68.1 Å². The lowest BCUT2D eigenvalue weighted by atomic mass is 10.0. The number of amides is 1. The van der Waals surface area contributed by atoms with Crippen LogP contribution in [0.1, 0.15) is 39.2 Å². The number of nitrogens with zero attached hydrogens (tertiary/aromatic N) is 3. The van der Waals surface area contributed by atoms with Gasteiger partial charge in [0.15, 0.2) is 10.8 Å². The van der Waals surface area contributed by atoms with Crippen molar-refractivity contribution in [1.29, 1.82) is 0 Å². The predicted molar refractivity (Wildman–Crippen MR) is 128 cm³/mol. The molecule has 1 atom stereocenters. The molecule has 4 N–H and O–H groups in total. The van der Waals surface area contributed by atoms with Crippen LogP contribution in [0, 0.1) is 12.7 Å². The van der Waals surface area contributed by atoms with Crippen molar-refractivity contribution in [1.82, 2.24) is 9.88 Å². The first-order valence-corrected chi connectivity index (χ1v) is 12.6. The number of piperidine rings is 1. The van der Waals surface area contributed by atoms with Crippen molar-refractivity contribution in [2.45, 2.75) is 57.2 Å². The highest BCUT2D eigenvalue weighted by Gasteiger charge is 2.31. The van der Waals surface area contributed by atoms with Crippen LogP contribution >= 0.6 is 15.9 Å². The van der Waals surface area contributed by atoms with Crippen LogP contribution in [-0.2, 0) is 15.5 Å². The maximum Gasteiger partial charge on any atom is 0.410 e. The maximum atomic E-state index is 15.0. The van der Waals surface area contributed by atoms with Crippen LogP contribution in [-0.4, -0.2) is 51.2 Å². The van der Waals surface area contributed by atoms with Crippen LogP contribution in [0.25, 0.3) is 10.9 Å². The fraction of sp³-hybridized carbons (Fsp3) is 0.524. The summed E-state index contributed by atoms with van der Waals surface area (Å²) in [5, 5.41) is 2.05. The second kappa shape index (κ2) is 9.11. The molecule has 0 spiro atoms. The van der Waals surface area contributed by atoms with Crippen molar-refractivity contribution in [2.75, 3.05) is 30.1 Å². The number of fused-ring (bicyclic) bond motifs is 1. The number of hydrazine groups is 1. The molecule has 0 radical (unpaired) electrons. The summed E-state index contributed by atoms with van der Waals surface area (Å²) in [6, 6.07) is 1.60. The van der Waals surface area contributed by atoms with Crippen LogP contribution in [0.5, 0.6) is 0 Å². The first-order chi connectivity index (χ1) is 14.8. The second-order valence-electron chi connectivity index (χ2n) is 8.96. The molecule has 1 aromatic heterocycles. The number of hydrogen-bond donors (Lipinski definition) is 2. The molecule has 32 heavy (non-hydrogen) atoms. The highest BCUT2D eigenvalue weighted by atomic mass is 79.9. The van der Waals surface area contributed by atoms with Gasteiger partial charge < -0.3 is 20.4 Å². The lowest BCUT2D eigenvalue weighted by Crippen LogP contribution is -2.50. The molecule has 8 nitrogen and oxygen atoms in total. The third-order valence-corrected chi connectivity index (χ3v) is 7.19. The van der Waals surface area contributed by atoms with Gasteiger partial charge in [-0.25, -0.2) is 20.0 Å². The van der Waals surface area contributed by atoms with Gasteiger partial charge in [-0.2, -0.15) is 0 Å². The summed E-state index contributed by atoms with van der Waals surface area (Å²) in [5.41, 5.74) is 7.05. The number of anilines is 2. The summed E-state index contributed by atoms with van der Waals surface area (Å²) in [6.07, 6.45) is 2.22. The van der Waals surface area contributed by atoms with Gasteiger partial charge in [-0.3, -0.25) is 4.21 Å². The molecule has 1 saturated heterocycles. The Morgan fingerprint density at radius 1 is 1.38 bits per heavy atom. The molecular formula is C21H29BrFN5O3S. The Morgan fingerprint density at radius 2 is 1.97 bits per heavy atom. The van der Waals surface area contributed by atoms with E-state index >= 15 is 4.39 Å². The average molecular weight is 530 g/mol. The SMILES string of the molecule is Cc1cc2c(N(N)C3CCN(C(=O)OC(C)(C)C)CC3)c(N)c(S(C)=O)nc2c(F)c1Br. The van der Waals surface area contributed by atoms with Crippen LogP contribution in [0.2, 0.25) is 0 Å². The molecular weight excluding hydrogens is 501 g/mol. The number of carbonyl (C=O) groups excluding carboxylic acids is 1. The van der Waals surface area contributed by atoms with Crippen LogP contribution in [0.3, 0.4) is 0 Å². The van der Waals surface area contributed by atoms with Gasteiger partial charge in [0.05, 0.1) is 26.6 Å². The van der Waals surface area contributed by atoms with Gasteiger partial charge in [0.25, 0.3) is 0 Å². The summed E-state index contributed by atoms with van der Waals surface area (Å²) >= 11 is 3.24. The van der Waals surface area contributed by atoms with E-state index in [4.69, 9.17) is 16.3 Å². The molecule has 1 unspecified atom stereocenters. The zero-order chi connectivity index (χ0) is 24.0. The molecule has 0 saturated carbocycles. The molecule has 3 rings (SSSR count). The summed E-state index contributed by atoms with van der Waals surface area (Å²) in [4.78, 5) is 18.3. The number of pyridine rings is 1. The third-order valence-electron chi connectivity index (χ3n) is 5.36. The summed E-state index contributed by atoms with van der Waals surface area (Å²) in [5.74, 6) is 5.97. The number of nitrogens with two attached hydrogens (primary N) is 2. The van der Waals surface area contributed by atoms with Crippen molar-refractivity contribution in [3.8, 4) is 0 Å². The Morgan fingerprint density at radius 3 is 2.50 bits per heavy atom. The van der Waals surface area contributed by atoms with Gasteiger partial charge in [-0.15, -0.1) is 0 Å². The number of benzene rings is 1. The van der Waals surface area contributed by atoms with E-state index in [1.54, 1.807) is 17.9 Å². The van der Waals surface area contributed by atoms with Gasteiger partial charge in [-0.1, -0.05) is 0 Å². The van der Waals surface area contributed by atoms with E-state index in [1.807, 2.05) is 20.8 Å². The molecule has 1 amide bonds. The molecule has 0 bridgehead atoms. The van der Waals surface area contributed by atoms with Gasteiger partial charge in [0.2, 0.25) is 0 Å². The minimum Gasteiger partial charge on any atom is -0.444 e. The van der Waals surface area contributed by atoms with Gasteiger partial charge >= 0.3 is 6.09 Å². The Hall–Kier alpha value is -1.98. The average Bonchev–Trinajstić information content (AvgIpc) is 2.70. The standard InChI is InChI=1S/C21H29BrFN5O3S/c1-11-10-13-17(15(23)14(11)22)26-19(32(5)30)16(24)18(13)28(25)12-6-8-27(9-7-12)20(29)31-21(2,3)4/h10,12H,6-9,24-25H2,1-5H3. The Kier molecular flexibility index (Phi) is 7.02. The molecule has 2 aromatic rings. The number of hydrogen-bond acceptors (Lipinski definition) is 7. The van der Waals surface area contributed by atoms with Crippen molar-refractivity contribution in [3.63, 3.8) is 0 Å². The van der Waals surface area contributed by atoms with Crippen molar-refractivity contribution >= 4 is 55.1 Å². The van der Waals surface area contributed by atoms with Crippen molar-refractivity contribution in [2.24, 2.45) is 5.84 Å². The lowest BCUT2D eigenvalue weighted by molar-refractivity contribution is 0.0204. The molecule has 2 heterocycles. The van der Waals surface area contributed by atoms with E-state index in [-0.39, 0.29) is 32.8 Å². The maximum absolute atomic E-state index is 15.0. The molecule has 0 aliphatic carbocycles. The highest BCUT2D eigenvalue weighted by molar-refractivity contribution is 9.10. The van der Waals surface area contributed by atoms with E-state index in [0.717, 1.165) is 0 Å². The number of aryl methyl sites for hydroxylation is 1. The fourth-order valence-corrected chi connectivity index (χ4v) is 4.70. The zero-order valence-corrected chi connectivity index (χ0v) is 21.3. The van der Waals surface area contributed by atoms with Crippen LogP contribution in [0.15, 0.2) is 15.6 Å². The normalized spacial score (nSPS) is 16.3. The molecule has 176 valence electrons. The minimum absolute atomic E-state index is 0.0542. The second-order valence-corrected chi connectivity index (χ2v) is 11.0. The fourth-order valence-electron chi connectivity index (χ4n) is 3.77. The van der Waals surface area contributed by atoms with E-state index in [0.29, 0.717) is 42.6 Å². The summed E-state index contributed by atoms with van der Waals surface area (Å²) in [7, 11) is -1.54. The van der Waals surface area contributed by atoms with Crippen LogP contribution < -0.4 is 16.6 Å². The summed E-state index contributed by atoms with van der Waals surface area (Å²) < 4.78 is 33.0. The number of aromatic nitrogens is 1. The van der Waals surface area contributed by atoms with Gasteiger partial charge in [0, 0.05) is 30.8 Å². The van der Waals surface area contributed by atoms with Gasteiger partial charge in [0.1, 0.15) is 11.1 Å². The largest absolute Gasteiger partial charge is 0.444 e. The van der Waals surface area contributed by atoms with Crippen molar-refractivity contribution in [3.05, 3.63) is 21.9 Å². The molecule has 1 fully saturated rings. The number of halogens is 2. The smallest absolute Gasteiger partial charge is 0.410 e. The Bertz CT molecular complexity index is 1080. The summed E-state index contributed by atoms with van der Waals surface area (Å²) in [6.45, 7) is 8.16. The number of ether oxygens (including phenoxy) is 1. The highest BCUT2D eigenvalue weighted by Crippen LogP contribution is 2.39. The number of rotatable bonds is 3. The van der Waals surface area contributed by atoms with Crippen LogP contribution in [0.4, 0.5) is 20.6 Å². The quantitative estimate of drug-likeness (QED) is 0.458. The van der Waals surface area contributed by atoms with E-state index in [2.05, 4.69) is 20.9 Å². The third kappa shape index (κ3) is 4.84. The Balaban J connectivity index is 1.96. The molecule has 1 aliphatic rings. The topological polar surface area (TPSA) is 115 Å². The van der Waals surface area contributed by atoms with E-state index in [1.165, 1.54) is 11.3 Å². The molecule has 1 aromatic carbocycles. The predicted octanol–water partition coefficient (Wildman–Crippen LogP) is 3.84. The van der Waals surface area contributed by atoms with Crippen molar-refractivity contribution < 1.29 is 18.1 Å². The van der Waals surface area contributed by atoms with E-state index in [9.17, 15) is 9.00 Å². The first kappa shape index (κ1) is 24.7. The number of nitrogen functional groups attached to an aromatic ring is 1. The molecule has 1 aliphatic heterocycles. The van der Waals surface area contributed by atoms with E-state index < -0.39 is 22.2 Å². The monoisotopic (exact) mass is 529 g/mol. The number of likely N-dealkylation sites (tertiary alicyclic amines) is 1. The minimum atomic E-state index is -1.54. The lowest BCUT2D eigenvalue weighted by Gasteiger charge is -2.38. The Labute approximate surface area is 198 Å². The number of carbonyl (C=O) groups is 1. The first-order valence-electron chi connectivity index (χ1n) is 10.2. The molecule has 11 heteroatoms.